The summed E-state index contributed by atoms with van der Waals surface area (Å²) in [6, 6.07) is 5.42. The second-order valence-electron chi connectivity index (χ2n) is 8.95. The molecule has 2 aliphatic heterocycles. The predicted octanol–water partition coefficient (Wildman–Crippen LogP) is 2.71. The zero-order chi connectivity index (χ0) is 26.9. The minimum atomic E-state index is -4.52. The molecule has 0 aliphatic carbocycles. The van der Waals surface area contributed by atoms with Crippen LogP contribution in [0.25, 0.3) is 11.4 Å². The number of ether oxygens (including phenoxy) is 1. The standard InChI is InChI=1S/C24H24F3N7O4/c25-24(26,27)15-4-1-3-14(7-15)21-28-10-19-22(31-21)34(17-5-2-6-33(19)11-17)23(37)30-16-8-20(32-29-9-16)38-13-18(36)12-35/h1,3-4,7-10,17-18,35-36H,2,5-6,11-13H2,(H,30,32,37)/t17-,18+/m0/s1. The van der Waals surface area contributed by atoms with Crippen molar-refractivity contribution in [1.29, 1.82) is 0 Å². The molecular weight excluding hydrogens is 507 g/mol. The third kappa shape index (κ3) is 5.31. The average Bonchev–Trinajstić information content (AvgIpc) is 2.91. The van der Waals surface area contributed by atoms with Crippen molar-refractivity contribution in [2.24, 2.45) is 0 Å². The minimum Gasteiger partial charge on any atom is -0.474 e. The van der Waals surface area contributed by atoms with Gasteiger partial charge in [-0.3, -0.25) is 4.90 Å². The van der Waals surface area contributed by atoms with Crippen LogP contribution in [-0.4, -0.2) is 74.9 Å². The van der Waals surface area contributed by atoms with Crippen molar-refractivity contribution in [3.8, 4) is 17.3 Å². The van der Waals surface area contributed by atoms with E-state index in [1.807, 2.05) is 0 Å². The van der Waals surface area contributed by atoms with E-state index >= 15 is 0 Å². The Morgan fingerprint density at radius 3 is 2.89 bits per heavy atom. The van der Waals surface area contributed by atoms with Gasteiger partial charge in [0.25, 0.3) is 0 Å². The van der Waals surface area contributed by atoms with Gasteiger partial charge in [0.2, 0.25) is 5.88 Å². The van der Waals surface area contributed by atoms with Gasteiger partial charge in [0, 0.05) is 24.7 Å². The molecule has 1 saturated heterocycles. The molecule has 2 aliphatic rings. The molecule has 0 radical (unpaired) electrons. The molecule has 14 heteroatoms. The van der Waals surface area contributed by atoms with Gasteiger partial charge in [-0.15, -0.1) is 5.10 Å². The van der Waals surface area contributed by atoms with Gasteiger partial charge in [0.15, 0.2) is 11.6 Å². The third-order valence-electron chi connectivity index (χ3n) is 6.27. The Balaban J connectivity index is 1.44. The molecule has 1 aromatic carbocycles. The zero-order valence-electron chi connectivity index (χ0n) is 20.0. The molecule has 2 amide bonds. The lowest BCUT2D eigenvalue weighted by Gasteiger charge is -2.45. The molecule has 3 N–H and O–H groups in total. The first-order valence-electron chi connectivity index (χ1n) is 11.9. The Morgan fingerprint density at radius 1 is 1.26 bits per heavy atom. The van der Waals surface area contributed by atoms with Gasteiger partial charge >= 0.3 is 12.2 Å². The van der Waals surface area contributed by atoms with Crippen molar-refractivity contribution in [2.75, 3.05) is 41.4 Å². The van der Waals surface area contributed by atoms with E-state index in [1.165, 1.54) is 35.5 Å². The number of carbonyl (C=O) groups is 1. The van der Waals surface area contributed by atoms with E-state index in [0.29, 0.717) is 24.5 Å². The molecule has 0 unspecified atom stereocenters. The summed E-state index contributed by atoms with van der Waals surface area (Å²) in [6.07, 6.45) is -1.21. The van der Waals surface area contributed by atoms with Gasteiger partial charge in [-0.1, -0.05) is 12.1 Å². The first-order valence-corrected chi connectivity index (χ1v) is 11.9. The fourth-order valence-corrected chi connectivity index (χ4v) is 4.46. The van der Waals surface area contributed by atoms with E-state index in [4.69, 9.17) is 9.84 Å². The first-order chi connectivity index (χ1) is 18.2. The maximum absolute atomic E-state index is 13.5. The summed E-state index contributed by atoms with van der Waals surface area (Å²) in [5.74, 6) is 0.398. The number of aliphatic hydroxyl groups excluding tert-OH is 2. The van der Waals surface area contributed by atoms with Gasteiger partial charge in [-0.25, -0.2) is 14.8 Å². The monoisotopic (exact) mass is 531 g/mol. The van der Waals surface area contributed by atoms with Crippen LogP contribution in [0.3, 0.4) is 0 Å². The number of hydrogen-bond donors (Lipinski definition) is 3. The average molecular weight is 531 g/mol. The number of rotatable bonds is 6. The molecule has 11 nitrogen and oxygen atoms in total. The van der Waals surface area contributed by atoms with E-state index < -0.39 is 30.5 Å². The molecule has 1 fully saturated rings. The van der Waals surface area contributed by atoms with Crippen LogP contribution in [0, 0.1) is 0 Å². The molecule has 4 heterocycles. The van der Waals surface area contributed by atoms with E-state index in [0.717, 1.165) is 25.1 Å². The Morgan fingerprint density at radius 2 is 2.11 bits per heavy atom. The molecule has 2 aromatic heterocycles. The highest BCUT2D eigenvalue weighted by molar-refractivity contribution is 6.04. The second-order valence-corrected chi connectivity index (χ2v) is 8.95. The lowest BCUT2D eigenvalue weighted by Crippen LogP contribution is -2.56. The van der Waals surface area contributed by atoms with E-state index in [-0.39, 0.29) is 35.6 Å². The summed E-state index contributed by atoms with van der Waals surface area (Å²) in [7, 11) is 0. The molecule has 0 spiro atoms. The number of piperidine rings is 1. The smallest absolute Gasteiger partial charge is 0.416 e. The number of alkyl halides is 3. The number of halogens is 3. The quantitative estimate of drug-likeness (QED) is 0.439. The minimum absolute atomic E-state index is 0.0346. The lowest BCUT2D eigenvalue weighted by molar-refractivity contribution is -0.137. The van der Waals surface area contributed by atoms with Crippen LogP contribution in [0.4, 0.5) is 35.2 Å². The van der Waals surface area contributed by atoms with Gasteiger partial charge in [-0.05, 0) is 25.0 Å². The van der Waals surface area contributed by atoms with Crippen molar-refractivity contribution in [3.63, 3.8) is 0 Å². The molecule has 38 heavy (non-hydrogen) atoms. The van der Waals surface area contributed by atoms with Crippen LogP contribution >= 0.6 is 0 Å². The van der Waals surface area contributed by atoms with Gasteiger partial charge < -0.3 is 25.2 Å². The van der Waals surface area contributed by atoms with E-state index in [1.54, 1.807) is 0 Å². The lowest BCUT2D eigenvalue weighted by atomic mass is 10.0. The number of fused-ring (bicyclic) bond motifs is 4. The maximum Gasteiger partial charge on any atom is 0.416 e. The topological polar surface area (TPSA) is 137 Å². The second kappa shape index (κ2) is 10.4. The number of nitrogens with one attached hydrogen (secondary N) is 1. The first kappa shape index (κ1) is 25.6. The highest BCUT2D eigenvalue weighted by Gasteiger charge is 2.39. The Labute approximate surface area is 214 Å². The molecule has 2 bridgehead atoms. The van der Waals surface area contributed by atoms with Crippen molar-refractivity contribution < 1.29 is 32.9 Å². The predicted molar refractivity (Wildman–Crippen MR) is 130 cm³/mol. The fraction of sp³-hybridized carbons (Fsp3) is 0.375. The van der Waals surface area contributed by atoms with Crippen molar-refractivity contribution in [3.05, 3.63) is 48.3 Å². The number of urea groups is 1. The van der Waals surface area contributed by atoms with Crippen molar-refractivity contribution in [2.45, 2.75) is 31.2 Å². The SMILES string of the molecule is O=C(Nc1cnnc(OC[C@H](O)CO)c1)N1c2nc(-c3cccc(C(F)(F)F)c3)ncc2N2CCC[C@H]1C2. The number of amides is 2. The summed E-state index contributed by atoms with van der Waals surface area (Å²) in [6.45, 7) is 0.616. The number of aromatic nitrogens is 4. The number of benzene rings is 1. The number of aliphatic hydroxyl groups is 2. The molecule has 2 atom stereocenters. The van der Waals surface area contributed by atoms with Crippen LogP contribution in [0.5, 0.6) is 5.88 Å². The van der Waals surface area contributed by atoms with Gasteiger partial charge in [0.1, 0.15) is 12.7 Å². The van der Waals surface area contributed by atoms with Crippen molar-refractivity contribution in [1.82, 2.24) is 20.2 Å². The molecule has 3 aromatic rings. The molecule has 200 valence electrons. The Kier molecular flexibility index (Phi) is 6.99. The molecular formula is C24H24F3N7O4. The van der Waals surface area contributed by atoms with Crippen LogP contribution < -0.4 is 19.9 Å². The number of anilines is 3. The highest BCUT2D eigenvalue weighted by Crippen LogP contribution is 2.39. The van der Waals surface area contributed by atoms with Gasteiger partial charge in [-0.2, -0.15) is 18.3 Å². The third-order valence-corrected chi connectivity index (χ3v) is 6.27. The summed E-state index contributed by atoms with van der Waals surface area (Å²) >= 11 is 0. The Bertz CT molecular complexity index is 1330. The van der Waals surface area contributed by atoms with Crippen LogP contribution in [0.2, 0.25) is 0 Å². The number of nitrogens with zero attached hydrogens (tertiary/aromatic N) is 6. The number of hydrogen-bond acceptors (Lipinski definition) is 9. The number of carbonyl (C=O) groups excluding carboxylic acids is 1. The summed E-state index contributed by atoms with van der Waals surface area (Å²) in [5.41, 5.74) is 0.243. The fourth-order valence-electron chi connectivity index (χ4n) is 4.46. The zero-order valence-corrected chi connectivity index (χ0v) is 20.0. The summed E-state index contributed by atoms with van der Waals surface area (Å²) < 4.78 is 45.1. The van der Waals surface area contributed by atoms with Crippen molar-refractivity contribution >= 4 is 23.2 Å². The largest absolute Gasteiger partial charge is 0.474 e. The molecule has 5 rings (SSSR count). The molecule has 0 saturated carbocycles. The summed E-state index contributed by atoms with van der Waals surface area (Å²) in [5, 5.41) is 28.7. The van der Waals surface area contributed by atoms with Crippen LogP contribution in [0.1, 0.15) is 18.4 Å². The van der Waals surface area contributed by atoms with E-state index in [9.17, 15) is 23.1 Å². The Hall–Kier alpha value is -4.04. The highest BCUT2D eigenvalue weighted by atomic mass is 19.4. The van der Waals surface area contributed by atoms with Crippen LogP contribution in [-0.2, 0) is 6.18 Å². The maximum atomic E-state index is 13.5. The summed E-state index contributed by atoms with van der Waals surface area (Å²) in [4.78, 5) is 25.9. The van der Waals surface area contributed by atoms with Gasteiger partial charge in [0.05, 0.1) is 42.0 Å². The van der Waals surface area contributed by atoms with Crippen LogP contribution in [0.15, 0.2) is 42.7 Å². The normalized spacial score (nSPS) is 17.6. The van der Waals surface area contributed by atoms with E-state index in [2.05, 4.69) is 30.4 Å².